The van der Waals surface area contributed by atoms with Crippen LogP contribution >= 0.6 is 0 Å². The first kappa shape index (κ1) is 12.9. The summed E-state index contributed by atoms with van der Waals surface area (Å²) in [7, 11) is 0. The molecular weight excluding hydrogens is 248 g/mol. The van der Waals surface area contributed by atoms with E-state index >= 15 is 0 Å². The molecule has 0 aliphatic heterocycles. The Balaban J connectivity index is 1.95. The molecule has 0 bridgehead atoms. The van der Waals surface area contributed by atoms with Gasteiger partial charge in [0.2, 0.25) is 0 Å². The number of carbonyl (C=O) groups is 1. The summed E-state index contributed by atoms with van der Waals surface area (Å²) in [6, 6.07) is 11.8. The average Bonchev–Trinajstić information content (AvgIpc) is 3.02. The lowest BCUT2D eigenvalue weighted by Crippen LogP contribution is -2.17. The Morgan fingerprint density at radius 1 is 1.10 bits per heavy atom. The third-order valence-electron chi connectivity index (χ3n) is 4.04. The smallest absolute Gasteiger partial charge is 0.314 e. The highest BCUT2D eigenvalue weighted by molar-refractivity contribution is 5.96. The predicted octanol–water partition coefficient (Wildman–Crippen LogP) is 4.58. The van der Waals surface area contributed by atoms with Gasteiger partial charge in [-0.2, -0.15) is 0 Å². The quantitative estimate of drug-likeness (QED) is 0.600. The molecule has 2 heteroatoms. The van der Waals surface area contributed by atoms with E-state index in [0.717, 1.165) is 42.0 Å². The zero-order chi connectivity index (χ0) is 13.9. The lowest BCUT2D eigenvalue weighted by Gasteiger charge is -2.12. The van der Waals surface area contributed by atoms with Gasteiger partial charge < -0.3 is 4.74 Å². The van der Waals surface area contributed by atoms with E-state index < -0.39 is 0 Å². The summed E-state index contributed by atoms with van der Waals surface area (Å²) in [5.74, 6) is 0.648. The van der Waals surface area contributed by atoms with E-state index in [1.165, 1.54) is 0 Å². The van der Waals surface area contributed by atoms with Crippen LogP contribution in [0.4, 0.5) is 0 Å². The van der Waals surface area contributed by atoms with Crippen molar-refractivity contribution < 1.29 is 9.53 Å². The molecule has 1 aliphatic rings. The van der Waals surface area contributed by atoms with Gasteiger partial charge in [0.15, 0.2) is 0 Å². The van der Waals surface area contributed by atoms with E-state index in [9.17, 15) is 4.79 Å². The molecule has 0 radical (unpaired) electrons. The topological polar surface area (TPSA) is 26.3 Å². The van der Waals surface area contributed by atoms with Crippen LogP contribution in [0, 0.1) is 5.92 Å². The van der Waals surface area contributed by atoms with Gasteiger partial charge in [-0.15, -0.1) is 0 Å². The first-order valence-corrected chi connectivity index (χ1v) is 7.15. The molecule has 0 atom stereocenters. The van der Waals surface area contributed by atoms with Gasteiger partial charge in [-0.05, 0) is 29.9 Å². The van der Waals surface area contributed by atoms with Gasteiger partial charge in [0, 0.05) is 5.39 Å². The van der Waals surface area contributed by atoms with E-state index in [4.69, 9.17) is 4.74 Å². The number of hydrogen-bond acceptors (Lipinski definition) is 2. The van der Waals surface area contributed by atoms with Gasteiger partial charge in [0.25, 0.3) is 0 Å². The van der Waals surface area contributed by atoms with E-state index in [1.54, 1.807) is 0 Å². The molecule has 102 valence electrons. The second-order valence-electron chi connectivity index (χ2n) is 5.31. The maximum Gasteiger partial charge on any atom is 0.314 e. The molecule has 0 unspecified atom stereocenters. The molecule has 2 nitrogen and oxygen atoms in total. The maximum atomic E-state index is 12.2. The van der Waals surface area contributed by atoms with Crippen LogP contribution in [0.2, 0.25) is 0 Å². The average molecular weight is 266 g/mol. The zero-order valence-electron chi connectivity index (χ0n) is 11.5. The van der Waals surface area contributed by atoms with Crippen molar-refractivity contribution in [3.63, 3.8) is 0 Å². The Morgan fingerprint density at radius 2 is 1.80 bits per heavy atom. The second kappa shape index (κ2) is 5.49. The number of rotatable bonds is 3. The molecule has 0 heterocycles. The minimum atomic E-state index is -0.0843. The molecule has 1 saturated carbocycles. The molecular formula is C18H18O2. The minimum absolute atomic E-state index is 0.0767. The summed E-state index contributed by atoms with van der Waals surface area (Å²) in [6.07, 6.45) is 6.01. The highest BCUT2D eigenvalue weighted by Crippen LogP contribution is 2.31. The molecule has 0 saturated heterocycles. The van der Waals surface area contributed by atoms with E-state index in [0.29, 0.717) is 5.75 Å². The number of benzene rings is 2. The lowest BCUT2D eigenvalue weighted by molar-refractivity contribution is -0.138. The molecule has 3 rings (SSSR count). The maximum absolute atomic E-state index is 12.2. The summed E-state index contributed by atoms with van der Waals surface area (Å²) < 4.78 is 5.64. The van der Waals surface area contributed by atoms with Crippen molar-refractivity contribution in [1.29, 1.82) is 0 Å². The Labute approximate surface area is 119 Å². The lowest BCUT2D eigenvalue weighted by atomic mass is 10.0. The first-order valence-electron chi connectivity index (χ1n) is 7.15. The molecule has 2 aromatic rings. The fourth-order valence-electron chi connectivity index (χ4n) is 2.91. The number of ether oxygens (including phenoxy) is 1. The van der Waals surface area contributed by atoms with Gasteiger partial charge in [0.05, 0.1) is 5.92 Å². The SMILES string of the molecule is C=Cc1ccc(OC(=O)C2CCCC2)c2ccccc12. The number of esters is 1. The Kier molecular flexibility index (Phi) is 3.55. The summed E-state index contributed by atoms with van der Waals surface area (Å²) in [4.78, 5) is 12.2. The number of hydrogen-bond donors (Lipinski definition) is 0. The van der Waals surface area contributed by atoms with Crippen molar-refractivity contribution in [2.45, 2.75) is 25.7 Å². The Morgan fingerprint density at radius 3 is 2.50 bits per heavy atom. The minimum Gasteiger partial charge on any atom is -0.426 e. The Hall–Kier alpha value is -2.09. The predicted molar refractivity (Wildman–Crippen MR) is 81.6 cm³/mol. The van der Waals surface area contributed by atoms with E-state index in [-0.39, 0.29) is 11.9 Å². The van der Waals surface area contributed by atoms with Crippen molar-refractivity contribution >= 4 is 22.8 Å². The van der Waals surface area contributed by atoms with Crippen LogP contribution in [-0.2, 0) is 4.79 Å². The van der Waals surface area contributed by atoms with Gasteiger partial charge in [-0.1, -0.05) is 55.8 Å². The van der Waals surface area contributed by atoms with Crippen molar-refractivity contribution in [3.8, 4) is 5.75 Å². The van der Waals surface area contributed by atoms with Gasteiger partial charge >= 0.3 is 5.97 Å². The van der Waals surface area contributed by atoms with Gasteiger partial charge in [0.1, 0.15) is 5.75 Å². The van der Waals surface area contributed by atoms with Crippen molar-refractivity contribution in [2.24, 2.45) is 5.92 Å². The molecule has 0 amide bonds. The van der Waals surface area contributed by atoms with Crippen LogP contribution < -0.4 is 4.74 Å². The van der Waals surface area contributed by atoms with Crippen LogP contribution in [0.5, 0.6) is 5.75 Å². The van der Waals surface area contributed by atoms with Gasteiger partial charge in [-0.25, -0.2) is 0 Å². The molecule has 0 spiro atoms. The largest absolute Gasteiger partial charge is 0.426 e. The third-order valence-corrected chi connectivity index (χ3v) is 4.04. The summed E-state index contributed by atoms with van der Waals surface area (Å²) in [5.41, 5.74) is 1.06. The molecule has 20 heavy (non-hydrogen) atoms. The molecule has 1 fully saturated rings. The first-order chi connectivity index (χ1) is 9.79. The van der Waals surface area contributed by atoms with Crippen molar-refractivity contribution in [1.82, 2.24) is 0 Å². The summed E-state index contributed by atoms with van der Waals surface area (Å²) >= 11 is 0. The highest BCUT2D eigenvalue weighted by atomic mass is 16.5. The zero-order valence-corrected chi connectivity index (χ0v) is 11.5. The highest BCUT2D eigenvalue weighted by Gasteiger charge is 2.25. The third kappa shape index (κ3) is 2.34. The van der Waals surface area contributed by atoms with Crippen LogP contribution in [0.25, 0.3) is 16.8 Å². The van der Waals surface area contributed by atoms with Crippen LogP contribution in [-0.4, -0.2) is 5.97 Å². The number of fused-ring (bicyclic) bond motifs is 1. The van der Waals surface area contributed by atoms with E-state index in [2.05, 4.69) is 6.58 Å². The van der Waals surface area contributed by atoms with Crippen LogP contribution in [0.15, 0.2) is 43.0 Å². The normalized spacial score (nSPS) is 15.4. The second-order valence-corrected chi connectivity index (χ2v) is 5.31. The van der Waals surface area contributed by atoms with Crippen molar-refractivity contribution in [3.05, 3.63) is 48.5 Å². The number of carbonyl (C=O) groups excluding carboxylic acids is 1. The summed E-state index contributed by atoms with van der Waals surface area (Å²) in [5, 5.41) is 2.04. The van der Waals surface area contributed by atoms with Crippen molar-refractivity contribution in [2.75, 3.05) is 0 Å². The molecule has 0 aromatic heterocycles. The van der Waals surface area contributed by atoms with E-state index in [1.807, 2.05) is 42.5 Å². The fraction of sp³-hybridized carbons (Fsp3) is 0.278. The molecule has 2 aromatic carbocycles. The van der Waals surface area contributed by atoms with Crippen LogP contribution in [0.1, 0.15) is 31.2 Å². The van der Waals surface area contributed by atoms with Gasteiger partial charge in [-0.3, -0.25) is 4.79 Å². The monoisotopic (exact) mass is 266 g/mol. The Bertz CT molecular complexity index is 652. The summed E-state index contributed by atoms with van der Waals surface area (Å²) in [6.45, 7) is 3.83. The standard InChI is InChI=1S/C18H18O2/c1-2-13-11-12-17(16-10-6-5-9-15(13)16)20-18(19)14-7-3-4-8-14/h2,5-6,9-12,14H,1,3-4,7-8H2. The van der Waals surface area contributed by atoms with Crippen LogP contribution in [0.3, 0.4) is 0 Å². The molecule has 0 N–H and O–H groups in total. The fourth-order valence-corrected chi connectivity index (χ4v) is 2.91. The molecule has 1 aliphatic carbocycles.